The predicted molar refractivity (Wildman–Crippen MR) is 89.5 cm³/mol. The van der Waals surface area contributed by atoms with Crippen molar-refractivity contribution in [3.63, 3.8) is 0 Å². The number of ether oxygens (including phenoxy) is 1. The lowest BCUT2D eigenvalue weighted by atomic mass is 10.1. The van der Waals surface area contributed by atoms with Gasteiger partial charge in [0.15, 0.2) is 5.82 Å². The van der Waals surface area contributed by atoms with E-state index in [4.69, 9.17) is 9.26 Å². The van der Waals surface area contributed by atoms with Crippen molar-refractivity contribution >= 4 is 11.3 Å². The smallest absolute Gasteiger partial charge is 0.243 e. The quantitative estimate of drug-likeness (QED) is 0.808. The molecule has 0 N–H and O–H groups in total. The van der Waals surface area contributed by atoms with Gasteiger partial charge in [-0.2, -0.15) is 4.98 Å². The average molecular weight is 336 g/mol. The van der Waals surface area contributed by atoms with E-state index in [1.807, 2.05) is 18.3 Å². The van der Waals surface area contributed by atoms with Gasteiger partial charge < -0.3 is 9.26 Å². The van der Waals surface area contributed by atoms with Crippen molar-refractivity contribution in [2.24, 2.45) is 0 Å². The third kappa shape index (κ3) is 3.98. The first-order valence-corrected chi connectivity index (χ1v) is 8.88. The summed E-state index contributed by atoms with van der Waals surface area (Å²) in [6.07, 6.45) is 0. The number of aryl methyl sites for hydroxylation is 1. The lowest BCUT2D eigenvalue weighted by Gasteiger charge is -2.37. The summed E-state index contributed by atoms with van der Waals surface area (Å²) in [5.74, 6) is 1.36. The maximum atomic E-state index is 5.51. The third-order valence-electron chi connectivity index (χ3n) is 4.38. The summed E-state index contributed by atoms with van der Waals surface area (Å²) in [5, 5.41) is 6.05. The first kappa shape index (κ1) is 16.6. The van der Waals surface area contributed by atoms with Gasteiger partial charge in [-0.1, -0.05) is 11.2 Å². The lowest BCUT2D eigenvalue weighted by Crippen LogP contribution is -2.43. The van der Waals surface area contributed by atoms with E-state index in [2.05, 4.69) is 51.4 Å². The van der Waals surface area contributed by atoms with Crippen molar-refractivity contribution in [1.29, 1.82) is 0 Å². The minimum atomic E-state index is 0.0969. The summed E-state index contributed by atoms with van der Waals surface area (Å²) >= 11 is 1.82. The van der Waals surface area contributed by atoms with Crippen molar-refractivity contribution in [3.8, 4) is 0 Å². The fourth-order valence-corrected chi connectivity index (χ4v) is 3.71. The number of morpholine rings is 1. The molecule has 3 heterocycles. The van der Waals surface area contributed by atoms with Crippen LogP contribution in [0.1, 0.15) is 35.6 Å². The van der Waals surface area contributed by atoms with Crippen LogP contribution in [0.4, 0.5) is 0 Å². The second-order valence-electron chi connectivity index (χ2n) is 5.97. The molecule has 1 saturated heterocycles. The van der Waals surface area contributed by atoms with Gasteiger partial charge in [-0.3, -0.25) is 9.80 Å². The summed E-state index contributed by atoms with van der Waals surface area (Å²) in [7, 11) is 2.12. The Morgan fingerprint density at radius 1 is 1.39 bits per heavy atom. The molecule has 1 aliphatic rings. The first-order valence-electron chi connectivity index (χ1n) is 8.01. The van der Waals surface area contributed by atoms with E-state index in [0.717, 1.165) is 32.8 Å². The van der Waals surface area contributed by atoms with Crippen LogP contribution in [0.3, 0.4) is 0 Å². The van der Waals surface area contributed by atoms with Crippen LogP contribution >= 0.6 is 11.3 Å². The third-order valence-corrected chi connectivity index (χ3v) is 5.35. The molecule has 1 aliphatic heterocycles. The van der Waals surface area contributed by atoms with E-state index in [1.54, 1.807) is 0 Å². The van der Waals surface area contributed by atoms with Gasteiger partial charge in [0.1, 0.15) is 0 Å². The summed E-state index contributed by atoms with van der Waals surface area (Å²) in [5.41, 5.74) is 0. The van der Waals surface area contributed by atoms with Crippen LogP contribution in [0.15, 0.2) is 22.0 Å². The average Bonchev–Trinajstić information content (AvgIpc) is 3.24. The van der Waals surface area contributed by atoms with Crippen LogP contribution in [-0.4, -0.2) is 59.8 Å². The molecule has 0 aromatic carbocycles. The highest BCUT2D eigenvalue weighted by atomic mass is 32.1. The van der Waals surface area contributed by atoms with Crippen LogP contribution in [0, 0.1) is 6.92 Å². The Morgan fingerprint density at radius 3 is 2.78 bits per heavy atom. The predicted octanol–water partition coefficient (Wildman–Crippen LogP) is 2.51. The zero-order valence-corrected chi connectivity index (χ0v) is 14.8. The zero-order chi connectivity index (χ0) is 16.2. The molecule has 0 saturated carbocycles. The number of likely N-dealkylation sites (N-methyl/N-ethyl adjacent to an activating group) is 1. The Bertz CT molecular complexity index is 595. The van der Waals surface area contributed by atoms with Crippen LogP contribution in [0.5, 0.6) is 0 Å². The maximum Gasteiger partial charge on any atom is 0.243 e. The Balaban J connectivity index is 1.72. The standard InChI is InChI=1S/C16H24N4O2S/c1-12(16-17-13(2)18-22-16)19(3)11-14(15-5-4-10-23-15)20-6-8-21-9-7-20/h4-5,10,12,14H,6-9,11H2,1-3H3/t12-,14+/m1/s1. The molecule has 3 rings (SSSR count). The van der Waals surface area contributed by atoms with Gasteiger partial charge in [-0.05, 0) is 32.3 Å². The van der Waals surface area contributed by atoms with Crippen molar-refractivity contribution in [1.82, 2.24) is 19.9 Å². The van der Waals surface area contributed by atoms with Crippen molar-refractivity contribution < 1.29 is 9.26 Å². The number of rotatable bonds is 6. The monoisotopic (exact) mass is 336 g/mol. The van der Waals surface area contributed by atoms with Crippen LogP contribution < -0.4 is 0 Å². The molecule has 2 aromatic rings. The summed E-state index contributed by atoms with van der Waals surface area (Å²) < 4.78 is 10.8. The number of aromatic nitrogens is 2. The number of nitrogens with zero attached hydrogens (tertiary/aromatic N) is 4. The Morgan fingerprint density at radius 2 is 2.17 bits per heavy atom. The minimum Gasteiger partial charge on any atom is -0.379 e. The molecule has 0 unspecified atom stereocenters. The van der Waals surface area contributed by atoms with E-state index in [1.165, 1.54) is 4.88 Å². The zero-order valence-electron chi connectivity index (χ0n) is 13.9. The molecule has 0 amide bonds. The number of hydrogen-bond acceptors (Lipinski definition) is 7. The van der Waals surface area contributed by atoms with E-state index >= 15 is 0 Å². The minimum absolute atomic E-state index is 0.0969. The van der Waals surface area contributed by atoms with Gasteiger partial charge >= 0.3 is 0 Å². The summed E-state index contributed by atoms with van der Waals surface area (Å²) in [6.45, 7) is 8.45. The van der Waals surface area contributed by atoms with Crippen molar-refractivity contribution in [3.05, 3.63) is 34.1 Å². The lowest BCUT2D eigenvalue weighted by molar-refractivity contribution is 0.00666. The topological polar surface area (TPSA) is 54.6 Å². The maximum absolute atomic E-state index is 5.51. The van der Waals surface area contributed by atoms with E-state index in [9.17, 15) is 0 Å². The van der Waals surface area contributed by atoms with Gasteiger partial charge in [-0.25, -0.2) is 0 Å². The second-order valence-corrected chi connectivity index (χ2v) is 6.95. The van der Waals surface area contributed by atoms with Gasteiger partial charge in [-0.15, -0.1) is 11.3 Å². The summed E-state index contributed by atoms with van der Waals surface area (Å²) in [6, 6.07) is 4.81. The highest BCUT2D eigenvalue weighted by molar-refractivity contribution is 7.10. The highest BCUT2D eigenvalue weighted by Crippen LogP contribution is 2.29. The molecule has 0 spiro atoms. The van der Waals surface area contributed by atoms with Gasteiger partial charge in [0.05, 0.1) is 25.3 Å². The fourth-order valence-electron chi connectivity index (χ4n) is 2.86. The molecule has 0 aliphatic carbocycles. The van der Waals surface area contributed by atoms with Crippen LogP contribution in [-0.2, 0) is 4.74 Å². The normalized spacial score (nSPS) is 19.1. The van der Waals surface area contributed by atoms with Crippen LogP contribution in [0.25, 0.3) is 0 Å². The largest absolute Gasteiger partial charge is 0.379 e. The van der Waals surface area contributed by atoms with E-state index in [-0.39, 0.29) is 6.04 Å². The SMILES string of the molecule is Cc1noc([C@@H](C)N(C)C[C@@H](c2cccs2)N2CCOCC2)n1. The molecular formula is C16H24N4O2S. The summed E-state index contributed by atoms with van der Waals surface area (Å²) in [4.78, 5) is 10.6. The molecular weight excluding hydrogens is 312 g/mol. The van der Waals surface area contributed by atoms with Gasteiger partial charge in [0.2, 0.25) is 5.89 Å². The molecule has 126 valence electrons. The molecule has 1 fully saturated rings. The van der Waals surface area contributed by atoms with Crippen molar-refractivity contribution in [2.45, 2.75) is 25.9 Å². The highest BCUT2D eigenvalue weighted by Gasteiger charge is 2.27. The first-order chi connectivity index (χ1) is 11.1. The van der Waals surface area contributed by atoms with Crippen molar-refractivity contribution in [2.75, 3.05) is 39.9 Å². The molecule has 2 atom stereocenters. The Hall–Kier alpha value is -1.28. The second kappa shape index (κ2) is 7.53. The van der Waals surface area contributed by atoms with Crippen LogP contribution in [0.2, 0.25) is 0 Å². The molecule has 7 heteroatoms. The molecule has 0 radical (unpaired) electrons. The Kier molecular flexibility index (Phi) is 5.42. The fraction of sp³-hybridized carbons (Fsp3) is 0.625. The molecule has 2 aromatic heterocycles. The Labute approximate surface area is 141 Å². The van der Waals surface area contributed by atoms with E-state index in [0.29, 0.717) is 17.8 Å². The molecule has 6 nitrogen and oxygen atoms in total. The van der Waals surface area contributed by atoms with Gasteiger partial charge in [0, 0.05) is 24.5 Å². The van der Waals surface area contributed by atoms with E-state index < -0.39 is 0 Å². The molecule has 0 bridgehead atoms. The number of hydrogen-bond donors (Lipinski definition) is 0. The van der Waals surface area contributed by atoms with Gasteiger partial charge in [0.25, 0.3) is 0 Å². The number of thiophene rings is 1. The molecule has 23 heavy (non-hydrogen) atoms.